The highest BCUT2D eigenvalue weighted by molar-refractivity contribution is 7.80. The summed E-state index contributed by atoms with van der Waals surface area (Å²) >= 11 is 3.87. The van der Waals surface area contributed by atoms with E-state index in [4.69, 9.17) is 5.11 Å². The molecule has 0 amide bonds. The van der Waals surface area contributed by atoms with E-state index in [0.29, 0.717) is 11.3 Å². The lowest BCUT2D eigenvalue weighted by Crippen LogP contribution is -2.20. The Morgan fingerprint density at radius 2 is 2.14 bits per heavy atom. The minimum absolute atomic E-state index is 0.112. The average molecular weight is 215 g/mol. The van der Waals surface area contributed by atoms with Crippen molar-refractivity contribution in [2.45, 2.75) is 18.8 Å². The fourth-order valence-electron chi connectivity index (χ4n) is 1.05. The second kappa shape index (κ2) is 5.31. The van der Waals surface area contributed by atoms with Crippen molar-refractivity contribution < 1.29 is 15.3 Å². The van der Waals surface area contributed by atoms with E-state index in [1.165, 1.54) is 6.20 Å². The van der Waals surface area contributed by atoms with E-state index in [-0.39, 0.29) is 12.4 Å². The first-order chi connectivity index (χ1) is 6.69. The molecule has 0 spiro atoms. The van der Waals surface area contributed by atoms with Gasteiger partial charge in [0.15, 0.2) is 0 Å². The zero-order chi connectivity index (χ0) is 10.6. The fraction of sp³-hybridized carbons (Fsp3) is 0.444. The molecule has 0 fully saturated rings. The summed E-state index contributed by atoms with van der Waals surface area (Å²) in [5.41, 5.74) is 0.999. The second-order valence-electron chi connectivity index (χ2n) is 2.94. The molecular weight excluding hydrogens is 202 g/mol. The highest BCUT2D eigenvalue weighted by Gasteiger charge is 2.18. The number of nitrogens with zero attached hydrogens (tertiary/aromatic N) is 1. The first kappa shape index (κ1) is 11.5. The Morgan fingerprint density at radius 1 is 1.43 bits per heavy atom. The van der Waals surface area contributed by atoms with Gasteiger partial charge >= 0.3 is 0 Å². The van der Waals surface area contributed by atoms with Crippen molar-refractivity contribution in [3.63, 3.8) is 0 Å². The third kappa shape index (κ3) is 2.68. The lowest BCUT2D eigenvalue weighted by atomic mass is 10.1. The Balaban J connectivity index is 2.83. The summed E-state index contributed by atoms with van der Waals surface area (Å²) in [6.45, 7) is -0.112. The highest BCUT2D eigenvalue weighted by atomic mass is 32.1. The molecule has 1 heterocycles. The molecule has 3 N–H and O–H groups in total. The van der Waals surface area contributed by atoms with Crippen molar-refractivity contribution in [2.24, 2.45) is 0 Å². The van der Waals surface area contributed by atoms with Crippen LogP contribution in [0.5, 0.6) is 0 Å². The molecule has 0 saturated heterocycles. The van der Waals surface area contributed by atoms with E-state index in [1.807, 2.05) is 0 Å². The number of aliphatic hydroxyl groups is 3. The smallest absolute Gasteiger partial charge is 0.123 e. The predicted octanol–water partition coefficient (Wildman–Crippen LogP) is -0.102. The zero-order valence-corrected chi connectivity index (χ0v) is 8.43. The van der Waals surface area contributed by atoms with Crippen LogP contribution >= 0.6 is 12.6 Å². The molecular formula is C9H13NO3S. The minimum atomic E-state index is -1.06. The maximum absolute atomic E-state index is 9.57. The molecule has 78 valence electrons. The van der Waals surface area contributed by atoms with Crippen LogP contribution in [0.2, 0.25) is 0 Å². The molecule has 1 aromatic heterocycles. The van der Waals surface area contributed by atoms with E-state index in [9.17, 15) is 10.2 Å². The second-order valence-corrected chi connectivity index (χ2v) is 3.31. The van der Waals surface area contributed by atoms with Gasteiger partial charge in [-0.25, -0.2) is 0 Å². The molecule has 0 saturated carbocycles. The van der Waals surface area contributed by atoms with Crippen molar-refractivity contribution in [1.82, 2.24) is 4.98 Å². The van der Waals surface area contributed by atoms with Crippen LogP contribution in [-0.2, 0) is 6.61 Å². The molecule has 0 aromatic carbocycles. The van der Waals surface area contributed by atoms with Gasteiger partial charge in [0.2, 0.25) is 0 Å². The van der Waals surface area contributed by atoms with Crippen LogP contribution in [0.4, 0.5) is 0 Å². The minimum Gasteiger partial charge on any atom is -0.392 e. The molecule has 4 nitrogen and oxygen atoms in total. The van der Waals surface area contributed by atoms with Crippen molar-refractivity contribution in [2.75, 3.05) is 5.75 Å². The van der Waals surface area contributed by atoms with Gasteiger partial charge in [-0.1, -0.05) is 0 Å². The summed E-state index contributed by atoms with van der Waals surface area (Å²) in [7, 11) is 0. The first-order valence-corrected chi connectivity index (χ1v) is 4.85. The van der Waals surface area contributed by atoms with E-state index in [2.05, 4.69) is 17.6 Å². The summed E-state index contributed by atoms with van der Waals surface area (Å²) in [4.78, 5) is 3.90. The number of aliphatic hydroxyl groups excluding tert-OH is 3. The fourth-order valence-corrected chi connectivity index (χ4v) is 1.25. The largest absolute Gasteiger partial charge is 0.392 e. The molecule has 2 atom stereocenters. The van der Waals surface area contributed by atoms with E-state index in [1.54, 1.807) is 12.1 Å². The standard InChI is InChI=1S/C9H13NO3S/c11-4-6-1-2-10-7(3-6)9(13)8(12)5-14/h1-3,8-9,11-14H,4-5H2. The summed E-state index contributed by atoms with van der Waals surface area (Å²) < 4.78 is 0. The SMILES string of the molecule is OCc1ccnc(C(O)C(O)CS)c1. The molecule has 0 aliphatic heterocycles. The number of rotatable bonds is 4. The van der Waals surface area contributed by atoms with Gasteiger partial charge in [0.1, 0.15) is 6.10 Å². The van der Waals surface area contributed by atoms with E-state index < -0.39 is 12.2 Å². The molecule has 0 radical (unpaired) electrons. The molecule has 0 aliphatic carbocycles. The van der Waals surface area contributed by atoms with Gasteiger partial charge in [-0.2, -0.15) is 12.6 Å². The first-order valence-electron chi connectivity index (χ1n) is 4.21. The third-order valence-electron chi connectivity index (χ3n) is 1.88. The molecule has 14 heavy (non-hydrogen) atoms. The summed E-state index contributed by atoms with van der Waals surface area (Å²) in [6.07, 6.45) is -0.520. The molecule has 2 unspecified atom stereocenters. The van der Waals surface area contributed by atoms with E-state index in [0.717, 1.165) is 0 Å². The predicted molar refractivity (Wildman–Crippen MR) is 55.0 cm³/mol. The Morgan fingerprint density at radius 3 is 2.71 bits per heavy atom. The maximum Gasteiger partial charge on any atom is 0.123 e. The number of pyridine rings is 1. The summed E-state index contributed by atoms with van der Waals surface area (Å²) in [6, 6.07) is 3.20. The van der Waals surface area contributed by atoms with Gasteiger partial charge < -0.3 is 15.3 Å². The van der Waals surface area contributed by atoms with E-state index >= 15 is 0 Å². The highest BCUT2D eigenvalue weighted by Crippen LogP contribution is 2.16. The van der Waals surface area contributed by atoms with Crippen LogP contribution in [0.1, 0.15) is 17.4 Å². The van der Waals surface area contributed by atoms with Crippen molar-refractivity contribution in [1.29, 1.82) is 0 Å². The lowest BCUT2D eigenvalue weighted by molar-refractivity contribution is 0.0309. The van der Waals surface area contributed by atoms with Crippen molar-refractivity contribution in [3.8, 4) is 0 Å². The van der Waals surface area contributed by atoms with Crippen LogP contribution < -0.4 is 0 Å². The Labute approximate surface area is 87.6 Å². The molecule has 1 aromatic rings. The van der Waals surface area contributed by atoms with Crippen LogP contribution in [0.3, 0.4) is 0 Å². The summed E-state index contributed by atoms with van der Waals surface area (Å²) in [5.74, 6) is 0.159. The lowest BCUT2D eigenvalue weighted by Gasteiger charge is -2.15. The number of thiol groups is 1. The topological polar surface area (TPSA) is 73.6 Å². The number of hydrogen-bond donors (Lipinski definition) is 4. The average Bonchev–Trinajstić information content (AvgIpc) is 2.27. The van der Waals surface area contributed by atoms with Gasteiger partial charge in [-0.05, 0) is 17.7 Å². The van der Waals surface area contributed by atoms with Crippen LogP contribution in [0.15, 0.2) is 18.3 Å². The number of hydrogen-bond acceptors (Lipinski definition) is 5. The van der Waals surface area contributed by atoms with Gasteiger partial charge in [0.25, 0.3) is 0 Å². The Bertz CT molecular complexity index is 295. The quantitative estimate of drug-likeness (QED) is 0.529. The normalized spacial score (nSPS) is 15.1. The Kier molecular flexibility index (Phi) is 4.34. The van der Waals surface area contributed by atoms with Gasteiger partial charge in [0, 0.05) is 11.9 Å². The molecule has 1 rings (SSSR count). The monoisotopic (exact) mass is 215 g/mol. The van der Waals surface area contributed by atoms with Gasteiger partial charge in [-0.15, -0.1) is 0 Å². The van der Waals surface area contributed by atoms with Crippen LogP contribution in [0, 0.1) is 0 Å². The molecule has 5 heteroatoms. The van der Waals surface area contributed by atoms with Crippen LogP contribution in [0.25, 0.3) is 0 Å². The molecule has 0 bridgehead atoms. The third-order valence-corrected chi connectivity index (χ3v) is 2.26. The van der Waals surface area contributed by atoms with Gasteiger partial charge in [-0.3, -0.25) is 4.98 Å². The zero-order valence-electron chi connectivity index (χ0n) is 7.54. The molecule has 0 aliphatic rings. The summed E-state index contributed by atoms with van der Waals surface area (Å²) in [5, 5.41) is 27.7. The van der Waals surface area contributed by atoms with Crippen molar-refractivity contribution in [3.05, 3.63) is 29.6 Å². The number of aromatic nitrogens is 1. The Hall–Kier alpha value is -0.620. The maximum atomic E-state index is 9.57. The van der Waals surface area contributed by atoms with Crippen molar-refractivity contribution >= 4 is 12.6 Å². The van der Waals surface area contributed by atoms with Crippen LogP contribution in [-0.4, -0.2) is 32.2 Å². The van der Waals surface area contributed by atoms with Gasteiger partial charge in [0.05, 0.1) is 18.4 Å².